The summed E-state index contributed by atoms with van der Waals surface area (Å²) in [5.41, 5.74) is 2.24. The molecule has 1 N–H and O–H groups in total. The Labute approximate surface area is 113 Å². The van der Waals surface area contributed by atoms with Crippen LogP contribution in [-0.2, 0) is 21.5 Å². The zero-order valence-corrected chi connectivity index (χ0v) is 11.6. The average molecular weight is 263 g/mol. The predicted molar refractivity (Wildman–Crippen MR) is 70.6 cm³/mol. The number of ether oxygens (including phenoxy) is 1. The van der Waals surface area contributed by atoms with Crippen molar-refractivity contribution in [3.63, 3.8) is 0 Å². The van der Waals surface area contributed by atoms with Gasteiger partial charge in [0.15, 0.2) is 0 Å². The summed E-state index contributed by atoms with van der Waals surface area (Å²) < 4.78 is 5.55. The first kappa shape index (κ1) is 12.7. The fourth-order valence-corrected chi connectivity index (χ4v) is 3.14. The molecule has 0 aromatic carbocycles. The molecular formula is C14H21N3O2. The van der Waals surface area contributed by atoms with Gasteiger partial charge in [0.1, 0.15) is 0 Å². The molecule has 5 nitrogen and oxygen atoms in total. The standard InChI is InChI=1S/C14H21N3O2/c1-14(2)9-17(8-10-7-15-16-13(10)14)12(18)6-11-4-3-5-19-11/h7,11H,3-6,8-9H2,1-2H3,(H,15,16)/t11-/m1/s1. The van der Waals surface area contributed by atoms with E-state index in [1.807, 2.05) is 11.1 Å². The van der Waals surface area contributed by atoms with Crippen molar-refractivity contribution in [2.75, 3.05) is 13.2 Å². The first-order valence-electron chi connectivity index (χ1n) is 6.98. The van der Waals surface area contributed by atoms with E-state index in [1.54, 1.807) is 0 Å². The molecule has 1 fully saturated rings. The van der Waals surface area contributed by atoms with Crippen LogP contribution < -0.4 is 0 Å². The summed E-state index contributed by atoms with van der Waals surface area (Å²) in [6.07, 6.45) is 4.57. The molecule has 0 saturated carbocycles. The first-order chi connectivity index (χ1) is 9.06. The number of fused-ring (bicyclic) bond motifs is 1. The summed E-state index contributed by atoms with van der Waals surface area (Å²) in [7, 11) is 0. The second kappa shape index (κ2) is 4.63. The molecule has 5 heteroatoms. The van der Waals surface area contributed by atoms with Gasteiger partial charge in [-0.3, -0.25) is 9.89 Å². The highest BCUT2D eigenvalue weighted by Crippen LogP contribution is 2.32. The Kier molecular flexibility index (Phi) is 3.09. The maximum Gasteiger partial charge on any atom is 0.225 e. The number of carbonyl (C=O) groups excluding carboxylic acids is 1. The Morgan fingerprint density at radius 1 is 1.63 bits per heavy atom. The summed E-state index contributed by atoms with van der Waals surface area (Å²) in [4.78, 5) is 14.3. The van der Waals surface area contributed by atoms with E-state index in [0.29, 0.717) is 13.0 Å². The maximum atomic E-state index is 12.4. The van der Waals surface area contributed by atoms with Crippen LogP contribution in [0.1, 0.15) is 44.4 Å². The second-order valence-electron chi connectivity index (χ2n) is 6.24. The van der Waals surface area contributed by atoms with Crippen LogP contribution in [0.5, 0.6) is 0 Å². The Bertz CT molecular complexity index is 475. The second-order valence-corrected chi connectivity index (χ2v) is 6.24. The van der Waals surface area contributed by atoms with Crippen molar-refractivity contribution in [2.24, 2.45) is 0 Å². The number of aromatic nitrogens is 2. The van der Waals surface area contributed by atoms with Crippen LogP contribution in [0.4, 0.5) is 0 Å². The minimum absolute atomic E-state index is 0.0592. The number of hydrogen-bond donors (Lipinski definition) is 1. The number of H-pyrrole nitrogens is 1. The molecule has 2 aliphatic rings. The summed E-state index contributed by atoms with van der Waals surface area (Å²) >= 11 is 0. The van der Waals surface area contributed by atoms with Crippen LogP contribution in [-0.4, -0.2) is 40.3 Å². The van der Waals surface area contributed by atoms with Gasteiger partial charge < -0.3 is 9.64 Å². The molecule has 1 aromatic heterocycles. The van der Waals surface area contributed by atoms with Crippen LogP contribution in [0.3, 0.4) is 0 Å². The van der Waals surface area contributed by atoms with Crippen LogP contribution in [0, 0.1) is 0 Å². The van der Waals surface area contributed by atoms with E-state index in [9.17, 15) is 4.79 Å². The van der Waals surface area contributed by atoms with Crippen LogP contribution in [0.2, 0.25) is 0 Å². The fourth-order valence-electron chi connectivity index (χ4n) is 3.14. The van der Waals surface area contributed by atoms with Crippen molar-refractivity contribution >= 4 is 5.91 Å². The lowest BCUT2D eigenvalue weighted by Crippen LogP contribution is -2.45. The number of rotatable bonds is 2. The largest absolute Gasteiger partial charge is 0.378 e. The van der Waals surface area contributed by atoms with Crippen LogP contribution in [0.25, 0.3) is 0 Å². The smallest absolute Gasteiger partial charge is 0.225 e. The summed E-state index contributed by atoms with van der Waals surface area (Å²) in [5, 5.41) is 7.18. The van der Waals surface area contributed by atoms with Crippen LogP contribution >= 0.6 is 0 Å². The topological polar surface area (TPSA) is 58.2 Å². The van der Waals surface area contributed by atoms with E-state index in [-0.39, 0.29) is 17.4 Å². The monoisotopic (exact) mass is 263 g/mol. The number of nitrogens with one attached hydrogen (secondary N) is 1. The van der Waals surface area contributed by atoms with Gasteiger partial charge in [-0.25, -0.2) is 0 Å². The van der Waals surface area contributed by atoms with Gasteiger partial charge in [0, 0.05) is 36.4 Å². The number of aromatic amines is 1. The Hall–Kier alpha value is -1.36. The van der Waals surface area contributed by atoms with E-state index in [2.05, 4.69) is 24.0 Å². The highest BCUT2D eigenvalue weighted by atomic mass is 16.5. The molecule has 0 spiro atoms. The normalized spacial score (nSPS) is 25.4. The molecule has 1 aromatic rings. The Balaban J connectivity index is 1.71. The molecular weight excluding hydrogens is 242 g/mol. The number of amides is 1. The third kappa shape index (κ3) is 2.39. The molecule has 0 bridgehead atoms. The molecule has 1 saturated heterocycles. The average Bonchev–Trinajstić information content (AvgIpc) is 2.98. The number of hydrogen-bond acceptors (Lipinski definition) is 3. The van der Waals surface area contributed by atoms with Crippen molar-refractivity contribution in [1.29, 1.82) is 0 Å². The van der Waals surface area contributed by atoms with Gasteiger partial charge >= 0.3 is 0 Å². The SMILES string of the molecule is CC1(C)CN(C(=O)C[C@H]2CCCO2)Cc2cn[nH]c21. The van der Waals surface area contributed by atoms with Gasteiger partial charge in [-0.1, -0.05) is 13.8 Å². The molecule has 3 heterocycles. The van der Waals surface area contributed by atoms with Crippen molar-refractivity contribution in [3.8, 4) is 0 Å². The van der Waals surface area contributed by atoms with E-state index in [0.717, 1.165) is 37.3 Å². The number of nitrogens with zero attached hydrogens (tertiary/aromatic N) is 2. The summed E-state index contributed by atoms with van der Waals surface area (Å²) in [5.74, 6) is 0.201. The Morgan fingerprint density at radius 2 is 2.47 bits per heavy atom. The Morgan fingerprint density at radius 3 is 3.21 bits per heavy atom. The van der Waals surface area contributed by atoms with Crippen molar-refractivity contribution in [1.82, 2.24) is 15.1 Å². The van der Waals surface area contributed by atoms with E-state index in [4.69, 9.17) is 4.74 Å². The molecule has 19 heavy (non-hydrogen) atoms. The molecule has 0 unspecified atom stereocenters. The van der Waals surface area contributed by atoms with Gasteiger partial charge in [0.05, 0.1) is 18.7 Å². The quantitative estimate of drug-likeness (QED) is 0.881. The molecule has 1 amide bonds. The summed E-state index contributed by atoms with van der Waals surface area (Å²) in [6.45, 7) is 6.51. The lowest BCUT2D eigenvalue weighted by atomic mass is 9.83. The third-order valence-electron chi connectivity index (χ3n) is 4.12. The van der Waals surface area contributed by atoms with Gasteiger partial charge in [-0.05, 0) is 12.8 Å². The molecule has 104 valence electrons. The van der Waals surface area contributed by atoms with Gasteiger partial charge in [-0.2, -0.15) is 5.10 Å². The minimum Gasteiger partial charge on any atom is -0.378 e. The lowest BCUT2D eigenvalue weighted by Gasteiger charge is -2.37. The van der Waals surface area contributed by atoms with E-state index in [1.165, 1.54) is 0 Å². The van der Waals surface area contributed by atoms with Crippen LogP contribution in [0.15, 0.2) is 6.20 Å². The van der Waals surface area contributed by atoms with Crippen molar-refractivity contribution < 1.29 is 9.53 Å². The molecule has 0 aliphatic carbocycles. The fraction of sp³-hybridized carbons (Fsp3) is 0.714. The minimum atomic E-state index is -0.0592. The van der Waals surface area contributed by atoms with Gasteiger partial charge in [0.2, 0.25) is 5.91 Å². The zero-order chi connectivity index (χ0) is 13.5. The zero-order valence-electron chi connectivity index (χ0n) is 11.6. The molecule has 1 atom stereocenters. The first-order valence-corrected chi connectivity index (χ1v) is 6.98. The van der Waals surface area contributed by atoms with E-state index >= 15 is 0 Å². The highest BCUT2D eigenvalue weighted by molar-refractivity contribution is 5.77. The van der Waals surface area contributed by atoms with Crippen molar-refractivity contribution in [2.45, 2.75) is 51.2 Å². The molecule has 3 rings (SSSR count). The highest BCUT2D eigenvalue weighted by Gasteiger charge is 2.36. The van der Waals surface area contributed by atoms with Gasteiger partial charge in [-0.15, -0.1) is 0 Å². The molecule has 2 aliphatic heterocycles. The predicted octanol–water partition coefficient (Wildman–Crippen LogP) is 1.60. The third-order valence-corrected chi connectivity index (χ3v) is 4.12. The van der Waals surface area contributed by atoms with Gasteiger partial charge in [0.25, 0.3) is 0 Å². The molecule has 0 radical (unpaired) electrons. The number of carbonyl (C=O) groups is 1. The van der Waals surface area contributed by atoms with Crippen molar-refractivity contribution in [3.05, 3.63) is 17.5 Å². The lowest BCUT2D eigenvalue weighted by molar-refractivity contribution is -0.135. The van der Waals surface area contributed by atoms with E-state index < -0.39 is 0 Å². The maximum absolute atomic E-state index is 12.4. The summed E-state index contributed by atoms with van der Waals surface area (Å²) in [6, 6.07) is 0.